The van der Waals surface area contributed by atoms with Crippen molar-refractivity contribution in [1.82, 2.24) is 4.98 Å². The minimum Gasteiger partial charge on any atom is -0.438 e. The number of hydrogen-bond donors (Lipinski definition) is 1. The molecule has 4 rings (SSSR count). The van der Waals surface area contributed by atoms with Gasteiger partial charge in [0.25, 0.3) is 0 Å². The molecule has 1 aliphatic rings. The fraction of sp³-hybridized carbons (Fsp3) is 0.0526. The van der Waals surface area contributed by atoms with Gasteiger partial charge in [0.15, 0.2) is 5.75 Å². The second kappa shape index (κ2) is 5.80. The number of nitrogens with zero attached hydrogens (tertiary/aromatic N) is 2. The van der Waals surface area contributed by atoms with Crippen LogP contribution in [0, 0.1) is 14.9 Å². The van der Waals surface area contributed by atoms with E-state index in [4.69, 9.17) is 10.5 Å². The van der Waals surface area contributed by atoms with E-state index < -0.39 is 0 Å². The normalized spacial score (nSPS) is 16.4. The summed E-state index contributed by atoms with van der Waals surface area (Å²) in [6, 6.07) is 18.2. The fourth-order valence-electron chi connectivity index (χ4n) is 3.05. The van der Waals surface area contributed by atoms with Crippen LogP contribution in [0.5, 0.6) is 5.75 Å². The Kier molecular flexibility index (Phi) is 3.62. The SMILES string of the molecule is N#CC1=C(N)Oc2c(ccc3cccnc23)[C@H]1c1ccc(I)cc1. The minimum atomic E-state index is -0.248. The molecule has 5 heteroatoms. The van der Waals surface area contributed by atoms with Gasteiger partial charge in [0.05, 0.1) is 5.92 Å². The average Bonchev–Trinajstić information content (AvgIpc) is 2.61. The standard InChI is InChI=1S/C19H12IN3O/c20-13-6-3-11(4-7-13)16-14-8-5-12-2-1-9-23-17(12)18(14)24-19(22)15(16)10-21/h1-9,16H,22H2/t16-/m1/s1. The predicted octanol–water partition coefficient (Wildman–Crippen LogP) is 4.06. The molecule has 2 N–H and O–H groups in total. The Hall–Kier alpha value is -2.59. The van der Waals surface area contributed by atoms with Crippen LogP contribution in [0.3, 0.4) is 0 Å². The largest absolute Gasteiger partial charge is 0.438 e. The number of nitrogens with two attached hydrogens (primary N) is 1. The van der Waals surface area contributed by atoms with E-state index in [1.54, 1.807) is 6.20 Å². The van der Waals surface area contributed by atoms with Gasteiger partial charge in [0.2, 0.25) is 5.88 Å². The quantitative estimate of drug-likeness (QED) is 0.597. The molecule has 0 aliphatic carbocycles. The van der Waals surface area contributed by atoms with Gasteiger partial charge in [-0.15, -0.1) is 0 Å². The van der Waals surface area contributed by atoms with Crippen molar-refractivity contribution >= 4 is 33.5 Å². The predicted molar refractivity (Wildman–Crippen MR) is 100 cm³/mol. The van der Waals surface area contributed by atoms with E-state index >= 15 is 0 Å². The zero-order valence-electron chi connectivity index (χ0n) is 12.5. The van der Waals surface area contributed by atoms with Crippen molar-refractivity contribution in [2.45, 2.75) is 5.92 Å². The Morgan fingerprint density at radius 3 is 2.67 bits per heavy atom. The second-order valence-corrected chi connectivity index (χ2v) is 6.78. The first kappa shape index (κ1) is 15.0. The van der Waals surface area contributed by atoms with Gasteiger partial charge in [-0.1, -0.05) is 30.3 Å². The van der Waals surface area contributed by atoms with Crippen molar-refractivity contribution < 1.29 is 4.74 Å². The zero-order valence-corrected chi connectivity index (χ0v) is 14.7. The fourth-order valence-corrected chi connectivity index (χ4v) is 3.41. The summed E-state index contributed by atoms with van der Waals surface area (Å²) in [7, 11) is 0. The number of fused-ring (bicyclic) bond motifs is 3. The minimum absolute atomic E-state index is 0.145. The molecular weight excluding hydrogens is 413 g/mol. The summed E-state index contributed by atoms with van der Waals surface area (Å²) < 4.78 is 6.93. The van der Waals surface area contributed by atoms with Gasteiger partial charge >= 0.3 is 0 Å². The number of pyridine rings is 1. The molecule has 0 unspecified atom stereocenters. The Bertz CT molecular complexity index is 1020. The van der Waals surface area contributed by atoms with Crippen LogP contribution in [0.15, 0.2) is 66.2 Å². The van der Waals surface area contributed by atoms with Crippen molar-refractivity contribution in [3.63, 3.8) is 0 Å². The van der Waals surface area contributed by atoms with E-state index in [1.165, 1.54) is 0 Å². The lowest BCUT2D eigenvalue weighted by atomic mass is 9.83. The van der Waals surface area contributed by atoms with Crippen LogP contribution in [-0.2, 0) is 0 Å². The molecule has 0 spiro atoms. The summed E-state index contributed by atoms with van der Waals surface area (Å²) in [4.78, 5) is 4.43. The van der Waals surface area contributed by atoms with Crippen molar-refractivity contribution in [2.75, 3.05) is 0 Å². The van der Waals surface area contributed by atoms with Gasteiger partial charge in [0.1, 0.15) is 17.2 Å². The van der Waals surface area contributed by atoms with Gasteiger partial charge in [-0.05, 0) is 46.4 Å². The number of hydrogen-bond acceptors (Lipinski definition) is 4. The molecule has 0 saturated heterocycles. The second-order valence-electron chi connectivity index (χ2n) is 5.54. The first-order chi connectivity index (χ1) is 11.7. The summed E-state index contributed by atoms with van der Waals surface area (Å²) in [6.45, 7) is 0. The van der Waals surface area contributed by atoms with E-state index in [9.17, 15) is 5.26 Å². The lowest BCUT2D eigenvalue weighted by Gasteiger charge is -2.27. The van der Waals surface area contributed by atoms with Crippen LogP contribution >= 0.6 is 22.6 Å². The Morgan fingerprint density at radius 1 is 1.12 bits per heavy atom. The number of nitriles is 1. The lowest BCUT2D eigenvalue weighted by molar-refractivity contribution is 0.397. The molecule has 3 aromatic rings. The van der Waals surface area contributed by atoms with Crippen LogP contribution in [-0.4, -0.2) is 4.98 Å². The summed E-state index contributed by atoms with van der Waals surface area (Å²) in [5, 5.41) is 10.6. The van der Waals surface area contributed by atoms with Crippen molar-refractivity contribution in [3.8, 4) is 11.8 Å². The molecule has 2 heterocycles. The third kappa shape index (κ3) is 2.31. The molecule has 0 amide bonds. The Labute approximate surface area is 152 Å². The molecule has 0 radical (unpaired) electrons. The van der Waals surface area contributed by atoms with Crippen molar-refractivity contribution in [3.05, 3.63) is 80.9 Å². The summed E-state index contributed by atoms with van der Waals surface area (Å²) >= 11 is 2.26. The first-order valence-electron chi connectivity index (χ1n) is 7.39. The van der Waals surface area contributed by atoms with E-state index in [2.05, 4.69) is 33.6 Å². The molecule has 1 atom stereocenters. The monoisotopic (exact) mass is 425 g/mol. The Morgan fingerprint density at radius 2 is 1.92 bits per heavy atom. The Balaban J connectivity index is 2.00. The lowest BCUT2D eigenvalue weighted by Crippen LogP contribution is -2.21. The van der Waals surface area contributed by atoms with E-state index in [0.717, 1.165) is 25.6 Å². The van der Waals surface area contributed by atoms with Crippen molar-refractivity contribution in [1.29, 1.82) is 5.26 Å². The van der Waals surface area contributed by atoms with E-state index in [1.807, 2.05) is 48.5 Å². The number of allylic oxidation sites excluding steroid dienone is 1. The molecule has 116 valence electrons. The van der Waals surface area contributed by atoms with E-state index in [-0.39, 0.29) is 11.8 Å². The van der Waals surface area contributed by atoms with Gasteiger partial charge in [-0.3, -0.25) is 4.98 Å². The number of ether oxygens (including phenoxy) is 1. The molecule has 1 aliphatic heterocycles. The highest BCUT2D eigenvalue weighted by atomic mass is 127. The van der Waals surface area contributed by atoms with Gasteiger partial charge in [0, 0.05) is 20.7 Å². The third-order valence-corrected chi connectivity index (χ3v) is 4.88. The van der Waals surface area contributed by atoms with Gasteiger partial charge in [-0.2, -0.15) is 5.26 Å². The maximum Gasteiger partial charge on any atom is 0.205 e. The van der Waals surface area contributed by atoms with Crippen LogP contribution in [0.25, 0.3) is 10.9 Å². The number of benzene rings is 2. The smallest absolute Gasteiger partial charge is 0.205 e. The molecular formula is C19H12IN3O. The first-order valence-corrected chi connectivity index (χ1v) is 8.47. The maximum atomic E-state index is 9.60. The zero-order chi connectivity index (χ0) is 16.7. The van der Waals surface area contributed by atoms with Crippen LogP contribution in [0.4, 0.5) is 0 Å². The number of aromatic nitrogens is 1. The topological polar surface area (TPSA) is 71.9 Å². The molecule has 0 fully saturated rings. The molecule has 24 heavy (non-hydrogen) atoms. The average molecular weight is 425 g/mol. The third-order valence-electron chi connectivity index (χ3n) is 4.16. The number of rotatable bonds is 1. The van der Waals surface area contributed by atoms with Crippen LogP contribution in [0.1, 0.15) is 17.0 Å². The van der Waals surface area contributed by atoms with Crippen LogP contribution < -0.4 is 10.5 Å². The van der Waals surface area contributed by atoms with Crippen molar-refractivity contribution in [2.24, 2.45) is 5.73 Å². The summed E-state index contributed by atoms with van der Waals surface area (Å²) in [5.74, 6) is 0.530. The number of halogens is 1. The highest BCUT2D eigenvalue weighted by molar-refractivity contribution is 14.1. The summed E-state index contributed by atoms with van der Waals surface area (Å²) in [6.07, 6.45) is 1.73. The van der Waals surface area contributed by atoms with Crippen LogP contribution in [0.2, 0.25) is 0 Å². The maximum absolute atomic E-state index is 9.60. The highest BCUT2D eigenvalue weighted by Gasteiger charge is 2.31. The molecule has 0 saturated carbocycles. The van der Waals surface area contributed by atoms with Gasteiger partial charge < -0.3 is 10.5 Å². The summed E-state index contributed by atoms with van der Waals surface area (Å²) in [5.41, 5.74) is 9.16. The van der Waals surface area contributed by atoms with Gasteiger partial charge in [-0.25, -0.2) is 0 Å². The molecule has 0 bridgehead atoms. The molecule has 1 aromatic heterocycles. The molecule has 4 nitrogen and oxygen atoms in total. The highest BCUT2D eigenvalue weighted by Crippen LogP contribution is 2.44. The molecule has 2 aromatic carbocycles. The van der Waals surface area contributed by atoms with E-state index in [0.29, 0.717) is 11.3 Å².